The summed E-state index contributed by atoms with van der Waals surface area (Å²) in [6.07, 6.45) is 8.23. The molecule has 0 bridgehead atoms. The summed E-state index contributed by atoms with van der Waals surface area (Å²) < 4.78 is 5.40. The summed E-state index contributed by atoms with van der Waals surface area (Å²) in [5.41, 5.74) is 1.54. The normalized spacial score (nSPS) is 20.2. The second-order valence-electron chi connectivity index (χ2n) is 7.64. The van der Waals surface area contributed by atoms with Crippen LogP contribution in [-0.4, -0.2) is 68.8 Å². The van der Waals surface area contributed by atoms with Crippen LogP contribution in [0.3, 0.4) is 0 Å². The largest absolute Gasteiger partial charge is 0.378 e. The first-order valence-corrected chi connectivity index (χ1v) is 9.88. The summed E-state index contributed by atoms with van der Waals surface area (Å²) in [4.78, 5) is 21.4. The average molecular weight is 361 g/mol. The number of morpholine rings is 1. The Morgan fingerprint density at radius 3 is 2.73 bits per heavy atom. The zero-order chi connectivity index (χ0) is 18.4. The minimum atomic E-state index is -0.0808. The maximum Gasteiger partial charge on any atom is 0.270 e. The van der Waals surface area contributed by atoms with Crippen LogP contribution in [0.25, 0.3) is 0 Å². The Hall–Kier alpha value is -1.66. The van der Waals surface area contributed by atoms with E-state index in [0.29, 0.717) is 24.2 Å². The Morgan fingerprint density at radius 2 is 2.04 bits per heavy atom. The lowest BCUT2D eigenvalue weighted by Crippen LogP contribution is -2.45. The molecule has 1 saturated carbocycles. The monoisotopic (exact) mass is 360 g/mol. The predicted molar refractivity (Wildman–Crippen MR) is 104 cm³/mol. The van der Waals surface area contributed by atoms with Crippen molar-refractivity contribution in [1.82, 2.24) is 15.2 Å². The topological polar surface area (TPSA) is 57.7 Å². The lowest BCUT2D eigenvalue weighted by atomic mass is 9.83. The van der Waals surface area contributed by atoms with Crippen LogP contribution >= 0.6 is 0 Å². The fourth-order valence-corrected chi connectivity index (χ4v) is 4.14. The van der Waals surface area contributed by atoms with Crippen LogP contribution in [0.4, 0.5) is 5.69 Å². The number of hydrogen-bond donors (Lipinski definition) is 1. The Labute approximate surface area is 156 Å². The molecule has 144 valence electrons. The number of carbonyl (C=O) groups is 1. The molecule has 3 rings (SSSR count). The van der Waals surface area contributed by atoms with Gasteiger partial charge in [0.05, 0.1) is 13.2 Å². The molecular formula is C20H32N4O2. The summed E-state index contributed by atoms with van der Waals surface area (Å²) in [5.74, 6) is 0.592. The molecule has 6 heteroatoms. The first-order chi connectivity index (χ1) is 12.6. The van der Waals surface area contributed by atoms with Crippen LogP contribution in [-0.2, 0) is 4.74 Å². The summed E-state index contributed by atoms with van der Waals surface area (Å²) in [6, 6.07) is 4.25. The van der Waals surface area contributed by atoms with Crippen molar-refractivity contribution in [1.29, 1.82) is 0 Å². The molecule has 2 fully saturated rings. The van der Waals surface area contributed by atoms with E-state index in [4.69, 9.17) is 4.74 Å². The highest BCUT2D eigenvalue weighted by atomic mass is 16.5. The molecule has 1 aliphatic heterocycles. The molecule has 1 amide bonds. The van der Waals surface area contributed by atoms with Crippen molar-refractivity contribution in [3.8, 4) is 0 Å². The highest BCUT2D eigenvalue weighted by molar-refractivity contribution is 5.93. The molecule has 0 aromatic carbocycles. The smallest absolute Gasteiger partial charge is 0.270 e. The number of aromatic nitrogens is 1. The summed E-state index contributed by atoms with van der Waals surface area (Å²) in [6.45, 7) is 3.86. The Bertz CT molecular complexity index is 581. The third-order valence-corrected chi connectivity index (χ3v) is 5.68. The maximum atomic E-state index is 12.7. The molecule has 2 aliphatic rings. The molecule has 0 radical (unpaired) electrons. The van der Waals surface area contributed by atoms with Gasteiger partial charge >= 0.3 is 0 Å². The number of nitrogens with one attached hydrogen (secondary N) is 1. The number of ether oxygens (including phenoxy) is 1. The van der Waals surface area contributed by atoms with E-state index in [9.17, 15) is 4.79 Å². The van der Waals surface area contributed by atoms with Crippen molar-refractivity contribution in [3.05, 3.63) is 24.0 Å². The Balaban J connectivity index is 1.59. The van der Waals surface area contributed by atoms with Gasteiger partial charge in [-0.05, 0) is 45.0 Å². The molecule has 1 N–H and O–H groups in total. The number of pyridine rings is 1. The van der Waals surface area contributed by atoms with Gasteiger partial charge in [-0.25, -0.2) is 0 Å². The second kappa shape index (κ2) is 9.33. The molecule has 26 heavy (non-hydrogen) atoms. The van der Waals surface area contributed by atoms with Crippen LogP contribution in [0.1, 0.15) is 42.6 Å². The van der Waals surface area contributed by atoms with Gasteiger partial charge in [0.1, 0.15) is 5.69 Å². The van der Waals surface area contributed by atoms with Gasteiger partial charge in [0.15, 0.2) is 0 Å². The number of anilines is 1. The minimum Gasteiger partial charge on any atom is -0.378 e. The zero-order valence-corrected chi connectivity index (χ0v) is 16.1. The second-order valence-corrected chi connectivity index (χ2v) is 7.64. The standard InChI is InChI=1S/C20H32N4O2/c1-23(2)19(16-6-4-3-5-7-16)15-22-20(25)18-14-17(8-9-21-18)24-10-12-26-13-11-24/h8-9,14,16,19H,3-7,10-13,15H2,1-2H3,(H,22,25). The lowest BCUT2D eigenvalue weighted by Gasteiger charge is -2.35. The molecular weight excluding hydrogens is 328 g/mol. The van der Waals surface area contributed by atoms with Crippen molar-refractivity contribution in [2.75, 3.05) is 51.8 Å². The van der Waals surface area contributed by atoms with Gasteiger partial charge < -0.3 is 19.9 Å². The number of likely N-dealkylation sites (N-methyl/N-ethyl adjacent to an activating group) is 1. The highest BCUT2D eigenvalue weighted by Gasteiger charge is 2.26. The quantitative estimate of drug-likeness (QED) is 0.842. The van der Waals surface area contributed by atoms with Gasteiger partial charge in [-0.3, -0.25) is 9.78 Å². The zero-order valence-electron chi connectivity index (χ0n) is 16.1. The molecule has 1 aliphatic carbocycles. The van der Waals surface area contributed by atoms with Crippen molar-refractivity contribution in [2.24, 2.45) is 5.92 Å². The van der Waals surface area contributed by atoms with Gasteiger partial charge in [-0.1, -0.05) is 19.3 Å². The van der Waals surface area contributed by atoms with Crippen LogP contribution < -0.4 is 10.2 Å². The SMILES string of the molecule is CN(C)C(CNC(=O)c1cc(N2CCOCC2)ccn1)C1CCCCC1. The van der Waals surface area contributed by atoms with E-state index in [2.05, 4.69) is 34.2 Å². The third-order valence-electron chi connectivity index (χ3n) is 5.68. The van der Waals surface area contributed by atoms with E-state index in [1.807, 2.05) is 12.1 Å². The molecule has 6 nitrogen and oxygen atoms in total. The van der Waals surface area contributed by atoms with E-state index in [1.165, 1.54) is 32.1 Å². The van der Waals surface area contributed by atoms with Gasteiger partial charge in [0.25, 0.3) is 5.91 Å². The predicted octanol–water partition coefficient (Wildman–Crippen LogP) is 2.16. The Morgan fingerprint density at radius 1 is 1.31 bits per heavy atom. The Kier molecular flexibility index (Phi) is 6.86. The van der Waals surface area contributed by atoms with E-state index in [1.54, 1.807) is 6.20 Å². The molecule has 1 saturated heterocycles. The highest BCUT2D eigenvalue weighted by Crippen LogP contribution is 2.28. The van der Waals surface area contributed by atoms with Crippen LogP contribution in [0.15, 0.2) is 18.3 Å². The number of amides is 1. The third kappa shape index (κ3) is 4.95. The molecule has 1 aromatic heterocycles. The number of hydrogen-bond acceptors (Lipinski definition) is 5. The fraction of sp³-hybridized carbons (Fsp3) is 0.700. The van der Waals surface area contributed by atoms with E-state index < -0.39 is 0 Å². The molecule has 1 atom stereocenters. The minimum absolute atomic E-state index is 0.0808. The van der Waals surface area contributed by atoms with Crippen molar-refractivity contribution < 1.29 is 9.53 Å². The van der Waals surface area contributed by atoms with Crippen LogP contribution in [0.2, 0.25) is 0 Å². The van der Waals surface area contributed by atoms with Gasteiger partial charge in [-0.2, -0.15) is 0 Å². The summed E-state index contributed by atoms with van der Waals surface area (Å²) >= 11 is 0. The summed E-state index contributed by atoms with van der Waals surface area (Å²) in [7, 11) is 4.23. The average Bonchev–Trinajstić information content (AvgIpc) is 2.69. The van der Waals surface area contributed by atoms with Crippen molar-refractivity contribution in [2.45, 2.75) is 38.1 Å². The van der Waals surface area contributed by atoms with Crippen LogP contribution in [0.5, 0.6) is 0 Å². The van der Waals surface area contributed by atoms with E-state index in [0.717, 1.165) is 32.0 Å². The van der Waals surface area contributed by atoms with E-state index >= 15 is 0 Å². The van der Waals surface area contributed by atoms with Crippen molar-refractivity contribution in [3.63, 3.8) is 0 Å². The number of rotatable bonds is 6. The first-order valence-electron chi connectivity index (χ1n) is 9.88. The molecule has 1 unspecified atom stereocenters. The maximum absolute atomic E-state index is 12.7. The van der Waals surface area contributed by atoms with Crippen LogP contribution in [0, 0.1) is 5.92 Å². The first kappa shape index (κ1) is 19.1. The summed E-state index contributed by atoms with van der Waals surface area (Å²) in [5, 5.41) is 3.12. The van der Waals surface area contributed by atoms with Gasteiger partial charge in [-0.15, -0.1) is 0 Å². The van der Waals surface area contributed by atoms with Crippen molar-refractivity contribution >= 4 is 11.6 Å². The number of carbonyl (C=O) groups excluding carboxylic acids is 1. The van der Waals surface area contributed by atoms with Gasteiger partial charge in [0, 0.05) is 37.6 Å². The number of nitrogens with zero attached hydrogens (tertiary/aromatic N) is 3. The fourth-order valence-electron chi connectivity index (χ4n) is 4.14. The molecule has 1 aromatic rings. The van der Waals surface area contributed by atoms with Gasteiger partial charge in [0.2, 0.25) is 0 Å². The molecule has 2 heterocycles. The lowest BCUT2D eigenvalue weighted by molar-refractivity contribution is 0.0917. The van der Waals surface area contributed by atoms with E-state index in [-0.39, 0.29) is 5.91 Å². The molecule has 0 spiro atoms.